The molecule has 2 heterocycles. The lowest BCUT2D eigenvalue weighted by atomic mass is 10.2. The van der Waals surface area contributed by atoms with E-state index in [4.69, 9.17) is 4.74 Å². The molecule has 1 saturated heterocycles. The minimum atomic E-state index is -0.172. The standard InChI is InChI=1S/C12H21N5O2/c1-2-5-19-6-3-4-14-12(18)11-9-17(16-15-11)10-7-13-8-10/h9-10,13H,2-8H2,1H3,(H,14,18). The van der Waals surface area contributed by atoms with Gasteiger partial charge >= 0.3 is 0 Å². The molecule has 7 nitrogen and oxygen atoms in total. The number of amides is 1. The monoisotopic (exact) mass is 267 g/mol. The number of ether oxygens (including phenoxy) is 1. The van der Waals surface area contributed by atoms with Gasteiger partial charge in [-0.2, -0.15) is 0 Å². The molecule has 2 N–H and O–H groups in total. The lowest BCUT2D eigenvalue weighted by Crippen LogP contribution is -2.43. The van der Waals surface area contributed by atoms with E-state index in [1.807, 2.05) is 0 Å². The SMILES string of the molecule is CCCOCCCNC(=O)c1cn(C2CNC2)nn1. The van der Waals surface area contributed by atoms with E-state index in [9.17, 15) is 4.79 Å². The van der Waals surface area contributed by atoms with Crippen molar-refractivity contribution < 1.29 is 9.53 Å². The number of nitrogens with one attached hydrogen (secondary N) is 2. The zero-order valence-electron chi connectivity index (χ0n) is 11.3. The summed E-state index contributed by atoms with van der Waals surface area (Å²) in [6.45, 7) is 5.90. The van der Waals surface area contributed by atoms with E-state index in [-0.39, 0.29) is 5.91 Å². The number of nitrogens with zero attached hydrogens (tertiary/aromatic N) is 3. The van der Waals surface area contributed by atoms with Gasteiger partial charge in [-0.3, -0.25) is 4.79 Å². The van der Waals surface area contributed by atoms with Gasteiger partial charge in [-0.05, 0) is 12.8 Å². The highest BCUT2D eigenvalue weighted by atomic mass is 16.5. The second-order valence-corrected chi connectivity index (χ2v) is 4.62. The molecular formula is C12H21N5O2. The molecule has 1 aliphatic heterocycles. The quantitative estimate of drug-likeness (QED) is 0.646. The first-order chi connectivity index (χ1) is 9.31. The Morgan fingerprint density at radius 3 is 3.11 bits per heavy atom. The lowest BCUT2D eigenvalue weighted by molar-refractivity contribution is 0.0936. The fourth-order valence-corrected chi connectivity index (χ4v) is 1.73. The number of aromatic nitrogens is 3. The van der Waals surface area contributed by atoms with E-state index < -0.39 is 0 Å². The molecule has 0 aliphatic carbocycles. The average molecular weight is 267 g/mol. The van der Waals surface area contributed by atoms with Gasteiger partial charge in [0.1, 0.15) is 0 Å². The van der Waals surface area contributed by atoms with Gasteiger partial charge in [0, 0.05) is 32.8 Å². The van der Waals surface area contributed by atoms with Crippen molar-refractivity contribution in [2.45, 2.75) is 25.8 Å². The Bertz CT molecular complexity index is 403. The van der Waals surface area contributed by atoms with Crippen LogP contribution in [0.3, 0.4) is 0 Å². The van der Waals surface area contributed by atoms with E-state index in [0.29, 0.717) is 24.9 Å². The van der Waals surface area contributed by atoms with Crippen molar-refractivity contribution in [3.8, 4) is 0 Å². The zero-order valence-corrected chi connectivity index (χ0v) is 11.3. The van der Waals surface area contributed by atoms with Crippen molar-refractivity contribution in [1.82, 2.24) is 25.6 Å². The predicted molar refractivity (Wildman–Crippen MR) is 70.0 cm³/mol. The van der Waals surface area contributed by atoms with Crippen LogP contribution in [-0.2, 0) is 4.74 Å². The van der Waals surface area contributed by atoms with E-state index in [1.165, 1.54) is 0 Å². The Morgan fingerprint density at radius 1 is 1.58 bits per heavy atom. The zero-order chi connectivity index (χ0) is 13.5. The fraction of sp³-hybridized carbons (Fsp3) is 0.750. The van der Waals surface area contributed by atoms with Crippen molar-refractivity contribution in [3.05, 3.63) is 11.9 Å². The van der Waals surface area contributed by atoms with Crippen LogP contribution in [0.4, 0.5) is 0 Å². The molecule has 1 aliphatic rings. The molecular weight excluding hydrogens is 246 g/mol. The Balaban J connectivity index is 1.66. The summed E-state index contributed by atoms with van der Waals surface area (Å²) in [5, 5.41) is 13.8. The molecule has 7 heteroatoms. The first-order valence-corrected chi connectivity index (χ1v) is 6.79. The summed E-state index contributed by atoms with van der Waals surface area (Å²) >= 11 is 0. The first-order valence-electron chi connectivity index (χ1n) is 6.79. The molecule has 1 aromatic rings. The van der Waals surface area contributed by atoms with Crippen LogP contribution >= 0.6 is 0 Å². The summed E-state index contributed by atoms with van der Waals surface area (Å²) in [7, 11) is 0. The van der Waals surface area contributed by atoms with Crippen molar-refractivity contribution >= 4 is 5.91 Å². The third kappa shape index (κ3) is 4.00. The summed E-state index contributed by atoms with van der Waals surface area (Å²) < 4.78 is 7.08. The lowest BCUT2D eigenvalue weighted by Gasteiger charge is -2.26. The van der Waals surface area contributed by atoms with Gasteiger partial charge in [-0.15, -0.1) is 5.10 Å². The highest BCUT2D eigenvalue weighted by Gasteiger charge is 2.21. The highest BCUT2D eigenvalue weighted by molar-refractivity contribution is 5.91. The van der Waals surface area contributed by atoms with Gasteiger partial charge in [-0.25, -0.2) is 4.68 Å². The largest absolute Gasteiger partial charge is 0.381 e. The number of hydrogen-bond donors (Lipinski definition) is 2. The van der Waals surface area contributed by atoms with Gasteiger partial charge in [0.2, 0.25) is 0 Å². The smallest absolute Gasteiger partial charge is 0.273 e. The maximum Gasteiger partial charge on any atom is 0.273 e. The third-order valence-corrected chi connectivity index (χ3v) is 2.98. The molecule has 0 atom stereocenters. The van der Waals surface area contributed by atoms with Crippen molar-refractivity contribution in [2.24, 2.45) is 0 Å². The molecule has 1 aromatic heterocycles. The van der Waals surface area contributed by atoms with E-state index in [2.05, 4.69) is 27.9 Å². The fourth-order valence-electron chi connectivity index (χ4n) is 1.73. The molecule has 0 spiro atoms. The van der Waals surface area contributed by atoms with Crippen LogP contribution in [-0.4, -0.2) is 53.7 Å². The van der Waals surface area contributed by atoms with Crippen molar-refractivity contribution in [2.75, 3.05) is 32.8 Å². The highest BCUT2D eigenvalue weighted by Crippen LogP contribution is 2.09. The summed E-state index contributed by atoms with van der Waals surface area (Å²) in [5.41, 5.74) is 0.376. The number of rotatable bonds is 8. The van der Waals surface area contributed by atoms with Crippen molar-refractivity contribution in [1.29, 1.82) is 0 Å². The Morgan fingerprint density at radius 2 is 2.42 bits per heavy atom. The van der Waals surface area contributed by atoms with Gasteiger partial charge in [0.05, 0.1) is 12.2 Å². The molecule has 0 unspecified atom stereocenters. The Kier molecular flexibility index (Phi) is 5.29. The predicted octanol–water partition coefficient (Wildman–Crippen LogP) is -0.0311. The summed E-state index contributed by atoms with van der Waals surface area (Å²) in [4.78, 5) is 11.8. The van der Waals surface area contributed by atoms with Crippen LogP contribution in [0.25, 0.3) is 0 Å². The maximum absolute atomic E-state index is 11.8. The molecule has 1 fully saturated rings. The molecule has 1 amide bonds. The molecule has 19 heavy (non-hydrogen) atoms. The van der Waals surface area contributed by atoms with E-state index >= 15 is 0 Å². The van der Waals surface area contributed by atoms with E-state index in [1.54, 1.807) is 10.9 Å². The molecule has 0 radical (unpaired) electrons. The van der Waals surface area contributed by atoms with Gasteiger partial charge < -0.3 is 15.4 Å². The van der Waals surface area contributed by atoms with Crippen LogP contribution in [0, 0.1) is 0 Å². The average Bonchev–Trinajstić information content (AvgIpc) is 2.80. The summed E-state index contributed by atoms with van der Waals surface area (Å²) in [6, 6.07) is 0.330. The Hall–Kier alpha value is -1.47. The maximum atomic E-state index is 11.8. The third-order valence-electron chi connectivity index (χ3n) is 2.98. The van der Waals surface area contributed by atoms with Crippen LogP contribution in [0.2, 0.25) is 0 Å². The van der Waals surface area contributed by atoms with Gasteiger partial charge in [0.15, 0.2) is 5.69 Å². The van der Waals surface area contributed by atoms with Gasteiger partial charge in [-0.1, -0.05) is 12.1 Å². The number of carbonyl (C=O) groups excluding carboxylic acids is 1. The van der Waals surface area contributed by atoms with Crippen LogP contribution < -0.4 is 10.6 Å². The topological polar surface area (TPSA) is 81.1 Å². The summed E-state index contributed by atoms with van der Waals surface area (Å²) in [5.74, 6) is -0.172. The van der Waals surface area contributed by atoms with Crippen LogP contribution in [0.1, 0.15) is 36.3 Å². The first kappa shape index (κ1) is 14.0. The molecule has 0 aromatic carbocycles. The minimum Gasteiger partial charge on any atom is -0.381 e. The second kappa shape index (κ2) is 7.20. The summed E-state index contributed by atoms with van der Waals surface area (Å²) in [6.07, 6.45) is 3.53. The molecule has 106 valence electrons. The molecule has 0 bridgehead atoms. The molecule has 2 rings (SSSR count). The van der Waals surface area contributed by atoms with Crippen molar-refractivity contribution in [3.63, 3.8) is 0 Å². The van der Waals surface area contributed by atoms with Crippen LogP contribution in [0.5, 0.6) is 0 Å². The Labute approximate surface area is 112 Å². The number of hydrogen-bond acceptors (Lipinski definition) is 5. The number of carbonyl (C=O) groups is 1. The normalized spacial score (nSPS) is 15.2. The van der Waals surface area contributed by atoms with Crippen LogP contribution in [0.15, 0.2) is 6.20 Å². The minimum absolute atomic E-state index is 0.172. The molecule has 0 saturated carbocycles. The van der Waals surface area contributed by atoms with E-state index in [0.717, 1.165) is 32.5 Å². The van der Waals surface area contributed by atoms with Gasteiger partial charge in [0.25, 0.3) is 5.91 Å². The second-order valence-electron chi connectivity index (χ2n) is 4.62.